The van der Waals surface area contributed by atoms with E-state index in [0.717, 1.165) is 31.7 Å². The summed E-state index contributed by atoms with van der Waals surface area (Å²) in [6, 6.07) is 1.74. The van der Waals surface area contributed by atoms with Gasteiger partial charge in [0.1, 0.15) is 17.3 Å². The van der Waals surface area contributed by atoms with E-state index < -0.39 is 5.79 Å². The van der Waals surface area contributed by atoms with E-state index >= 15 is 0 Å². The number of anilines is 1. The quantitative estimate of drug-likeness (QED) is 0.836. The van der Waals surface area contributed by atoms with Crippen LogP contribution in [0.1, 0.15) is 29.2 Å². The molecule has 23 heavy (non-hydrogen) atoms. The number of nitrogens with one attached hydrogen (secondary N) is 1. The summed E-state index contributed by atoms with van der Waals surface area (Å²) >= 11 is 0. The molecule has 0 aromatic carbocycles. The van der Waals surface area contributed by atoms with Crippen molar-refractivity contribution in [1.29, 1.82) is 0 Å². The number of ether oxygens (including phenoxy) is 2. The monoisotopic (exact) mass is 318 g/mol. The molecule has 0 bridgehead atoms. The standard InChI is InChI=1S/C16H22N4O3/c1-3-6-17-15(21)13-11-14(19-12(2)18-13)20-7-4-16(5-8-20)22-9-10-23-16/h3,11H,1,4-10H2,2H3,(H,17,21). The molecule has 2 aliphatic heterocycles. The Morgan fingerprint density at radius 1 is 1.39 bits per heavy atom. The molecule has 0 saturated carbocycles. The molecule has 2 saturated heterocycles. The SMILES string of the molecule is C=CCNC(=O)c1cc(N2CCC3(CC2)OCCO3)nc(C)n1. The van der Waals surface area contributed by atoms with E-state index in [-0.39, 0.29) is 5.91 Å². The maximum absolute atomic E-state index is 12.1. The average Bonchev–Trinajstić information content (AvgIpc) is 3.01. The van der Waals surface area contributed by atoms with Gasteiger partial charge in [-0.2, -0.15) is 0 Å². The molecule has 2 aliphatic rings. The molecule has 3 rings (SSSR count). The summed E-state index contributed by atoms with van der Waals surface area (Å²) < 4.78 is 11.5. The third-order valence-corrected chi connectivity index (χ3v) is 4.13. The summed E-state index contributed by atoms with van der Waals surface area (Å²) in [6.45, 7) is 8.70. The minimum atomic E-state index is -0.414. The van der Waals surface area contributed by atoms with Crippen LogP contribution in [0.25, 0.3) is 0 Å². The van der Waals surface area contributed by atoms with Gasteiger partial charge < -0.3 is 19.7 Å². The van der Waals surface area contributed by atoms with Crippen molar-refractivity contribution >= 4 is 11.7 Å². The van der Waals surface area contributed by atoms with Crippen molar-refractivity contribution in [3.63, 3.8) is 0 Å². The van der Waals surface area contributed by atoms with Gasteiger partial charge >= 0.3 is 0 Å². The lowest BCUT2D eigenvalue weighted by atomic mass is 10.0. The van der Waals surface area contributed by atoms with Crippen molar-refractivity contribution in [1.82, 2.24) is 15.3 Å². The first kappa shape index (κ1) is 15.9. The maximum Gasteiger partial charge on any atom is 0.270 e. The number of carbonyl (C=O) groups excluding carboxylic acids is 1. The zero-order valence-electron chi connectivity index (χ0n) is 13.4. The van der Waals surface area contributed by atoms with Crippen molar-refractivity contribution in [2.75, 3.05) is 37.7 Å². The van der Waals surface area contributed by atoms with Crippen LogP contribution in [0.3, 0.4) is 0 Å². The van der Waals surface area contributed by atoms with E-state index in [0.29, 0.717) is 31.3 Å². The number of amides is 1. The molecule has 1 N–H and O–H groups in total. The normalized spacial score (nSPS) is 19.8. The molecule has 7 nitrogen and oxygen atoms in total. The molecular formula is C16H22N4O3. The van der Waals surface area contributed by atoms with Crippen LogP contribution in [0.5, 0.6) is 0 Å². The highest BCUT2D eigenvalue weighted by Gasteiger charge is 2.40. The molecule has 3 heterocycles. The molecule has 1 amide bonds. The largest absolute Gasteiger partial charge is 0.356 e. The molecule has 1 spiro atoms. The number of hydrogen-bond acceptors (Lipinski definition) is 6. The van der Waals surface area contributed by atoms with Crippen LogP contribution >= 0.6 is 0 Å². The van der Waals surface area contributed by atoms with Gasteiger partial charge in [0.05, 0.1) is 13.2 Å². The van der Waals surface area contributed by atoms with E-state index in [1.165, 1.54) is 0 Å². The molecule has 124 valence electrons. The Balaban J connectivity index is 1.71. The van der Waals surface area contributed by atoms with Crippen molar-refractivity contribution in [2.24, 2.45) is 0 Å². The Morgan fingerprint density at radius 2 is 2.09 bits per heavy atom. The van der Waals surface area contributed by atoms with Crippen LogP contribution in [0, 0.1) is 6.92 Å². The molecule has 1 aromatic heterocycles. The van der Waals surface area contributed by atoms with Crippen LogP contribution in [0.15, 0.2) is 18.7 Å². The zero-order chi connectivity index (χ0) is 16.3. The van der Waals surface area contributed by atoms with E-state index in [2.05, 4.69) is 26.8 Å². The second kappa shape index (κ2) is 6.64. The van der Waals surface area contributed by atoms with E-state index in [9.17, 15) is 4.79 Å². The van der Waals surface area contributed by atoms with E-state index in [1.54, 1.807) is 19.1 Å². The molecule has 1 aromatic rings. The Morgan fingerprint density at radius 3 is 2.74 bits per heavy atom. The van der Waals surface area contributed by atoms with Crippen molar-refractivity contribution < 1.29 is 14.3 Å². The highest BCUT2D eigenvalue weighted by atomic mass is 16.7. The third kappa shape index (κ3) is 3.51. The van der Waals surface area contributed by atoms with Gasteiger partial charge in [-0.3, -0.25) is 4.79 Å². The second-order valence-electron chi connectivity index (χ2n) is 5.75. The lowest BCUT2D eigenvalue weighted by Gasteiger charge is -2.38. The second-order valence-corrected chi connectivity index (χ2v) is 5.75. The molecule has 0 unspecified atom stereocenters. The minimum absolute atomic E-state index is 0.215. The third-order valence-electron chi connectivity index (χ3n) is 4.13. The van der Waals surface area contributed by atoms with Crippen LogP contribution in [0.2, 0.25) is 0 Å². The van der Waals surface area contributed by atoms with Crippen LogP contribution in [0.4, 0.5) is 5.82 Å². The summed E-state index contributed by atoms with van der Waals surface area (Å²) in [5, 5.41) is 2.74. The zero-order valence-corrected chi connectivity index (χ0v) is 13.4. The number of carbonyl (C=O) groups is 1. The van der Waals surface area contributed by atoms with Gasteiger partial charge in [-0.25, -0.2) is 9.97 Å². The summed E-state index contributed by atoms with van der Waals surface area (Å²) in [5.41, 5.74) is 0.378. The number of rotatable bonds is 4. The summed E-state index contributed by atoms with van der Waals surface area (Å²) in [4.78, 5) is 22.9. The number of nitrogens with zero attached hydrogens (tertiary/aromatic N) is 3. The smallest absolute Gasteiger partial charge is 0.270 e. The predicted octanol–water partition coefficient (Wildman–Crippen LogP) is 1.04. The van der Waals surface area contributed by atoms with Gasteiger partial charge in [-0.05, 0) is 6.92 Å². The van der Waals surface area contributed by atoms with Gasteiger partial charge in [0.25, 0.3) is 5.91 Å². The highest BCUT2D eigenvalue weighted by Crippen LogP contribution is 2.32. The maximum atomic E-state index is 12.1. The van der Waals surface area contributed by atoms with Crippen molar-refractivity contribution in [3.05, 3.63) is 30.2 Å². The first-order valence-electron chi connectivity index (χ1n) is 7.89. The molecule has 0 radical (unpaired) electrons. The summed E-state index contributed by atoms with van der Waals surface area (Å²) in [6.07, 6.45) is 3.24. The Hall–Kier alpha value is -1.99. The van der Waals surface area contributed by atoms with Crippen molar-refractivity contribution in [2.45, 2.75) is 25.6 Å². The molecular weight excluding hydrogens is 296 g/mol. The minimum Gasteiger partial charge on any atom is -0.356 e. The van der Waals surface area contributed by atoms with Crippen LogP contribution < -0.4 is 10.2 Å². The van der Waals surface area contributed by atoms with Gasteiger partial charge in [0.15, 0.2) is 5.79 Å². The van der Waals surface area contributed by atoms with Crippen molar-refractivity contribution in [3.8, 4) is 0 Å². The number of hydrogen-bond donors (Lipinski definition) is 1. The van der Waals surface area contributed by atoms with E-state index in [1.807, 2.05) is 0 Å². The first-order valence-corrected chi connectivity index (χ1v) is 7.89. The lowest BCUT2D eigenvalue weighted by molar-refractivity contribution is -0.169. The Kier molecular flexibility index (Phi) is 4.58. The predicted molar refractivity (Wildman–Crippen MR) is 85.4 cm³/mol. The molecule has 2 fully saturated rings. The Labute approximate surface area is 135 Å². The van der Waals surface area contributed by atoms with Gasteiger partial charge in [0, 0.05) is 38.5 Å². The fourth-order valence-electron chi connectivity index (χ4n) is 2.95. The van der Waals surface area contributed by atoms with Crippen LogP contribution in [-0.4, -0.2) is 54.5 Å². The molecule has 0 aliphatic carbocycles. The Bertz CT molecular complexity index is 589. The number of piperidine rings is 1. The molecule has 0 atom stereocenters. The summed E-state index contributed by atoms with van der Waals surface area (Å²) in [7, 11) is 0. The summed E-state index contributed by atoms with van der Waals surface area (Å²) in [5.74, 6) is 0.726. The lowest BCUT2D eigenvalue weighted by Crippen LogP contribution is -2.45. The average molecular weight is 318 g/mol. The van der Waals surface area contributed by atoms with Gasteiger partial charge in [-0.1, -0.05) is 6.08 Å². The number of aryl methyl sites for hydroxylation is 1. The highest BCUT2D eigenvalue weighted by molar-refractivity contribution is 5.93. The fraction of sp³-hybridized carbons (Fsp3) is 0.562. The van der Waals surface area contributed by atoms with Crippen LogP contribution in [-0.2, 0) is 9.47 Å². The fourth-order valence-corrected chi connectivity index (χ4v) is 2.95. The number of aromatic nitrogens is 2. The topological polar surface area (TPSA) is 76.6 Å². The molecule has 7 heteroatoms. The first-order chi connectivity index (χ1) is 11.1. The van der Waals surface area contributed by atoms with Gasteiger partial charge in [-0.15, -0.1) is 6.58 Å². The van der Waals surface area contributed by atoms with E-state index in [4.69, 9.17) is 9.47 Å². The van der Waals surface area contributed by atoms with Gasteiger partial charge in [0.2, 0.25) is 0 Å².